The predicted octanol–water partition coefficient (Wildman–Crippen LogP) is -1.04. The first-order valence-corrected chi connectivity index (χ1v) is 2.35. The Bertz CT molecular complexity index is 104. The zero-order valence-corrected chi connectivity index (χ0v) is 5.97. The third kappa shape index (κ3) is 15.6. The average molecular weight is 192 g/mol. The van der Waals surface area contributed by atoms with Gasteiger partial charge >= 0.3 is 7.32 Å². The zero-order chi connectivity index (χ0) is 7.11. The first kappa shape index (κ1) is 12.4. The smallest absolute Gasteiger partial charge is 0.402 e. The first-order chi connectivity index (χ1) is 4.23. The standard InChI is InChI=1S/C4H5N.BH3O3.Cu/c1-2-4-5-3-1;2-1(3)4;/h1-5H;2-4H;. The summed E-state index contributed by atoms with van der Waals surface area (Å²) in [5, 5.41) is 21.5. The van der Waals surface area contributed by atoms with Crippen LogP contribution in [0.3, 0.4) is 0 Å². The van der Waals surface area contributed by atoms with Crippen molar-refractivity contribution in [3.05, 3.63) is 24.5 Å². The van der Waals surface area contributed by atoms with Crippen molar-refractivity contribution in [3.8, 4) is 0 Å². The van der Waals surface area contributed by atoms with Gasteiger partial charge in [-0.2, -0.15) is 0 Å². The van der Waals surface area contributed by atoms with E-state index in [2.05, 4.69) is 4.98 Å². The molecule has 0 aliphatic carbocycles. The SMILES string of the molecule is OB(O)O.[Cu].c1cc[nH]c1. The fourth-order valence-corrected chi connectivity index (χ4v) is 0.278. The van der Waals surface area contributed by atoms with Gasteiger partial charge in [-0.1, -0.05) is 0 Å². The maximum Gasteiger partial charge on any atom is 0.631 e. The van der Waals surface area contributed by atoms with Gasteiger partial charge < -0.3 is 20.1 Å². The number of aromatic nitrogens is 1. The van der Waals surface area contributed by atoms with Crippen molar-refractivity contribution < 1.29 is 32.1 Å². The Morgan fingerprint density at radius 1 is 1.00 bits per heavy atom. The fraction of sp³-hybridized carbons (Fsp3) is 0. The Balaban J connectivity index is 0. The molecular formula is C4H8BCuNO3. The maximum atomic E-state index is 7.17. The second kappa shape index (κ2) is 8.74. The third-order valence-corrected chi connectivity index (χ3v) is 0.496. The molecule has 1 heterocycles. The van der Waals surface area contributed by atoms with E-state index < -0.39 is 7.32 Å². The zero-order valence-electron chi connectivity index (χ0n) is 5.03. The Morgan fingerprint density at radius 2 is 1.30 bits per heavy atom. The Morgan fingerprint density at radius 3 is 1.40 bits per heavy atom. The molecule has 61 valence electrons. The van der Waals surface area contributed by atoms with Gasteiger partial charge in [-0.3, -0.25) is 0 Å². The van der Waals surface area contributed by atoms with E-state index in [4.69, 9.17) is 15.1 Å². The molecule has 1 radical (unpaired) electrons. The normalized spacial score (nSPS) is 6.70. The van der Waals surface area contributed by atoms with Crippen LogP contribution >= 0.6 is 0 Å². The number of H-pyrrole nitrogens is 1. The Kier molecular flexibility index (Phi) is 10.9. The number of nitrogens with one attached hydrogen (secondary N) is 1. The van der Waals surface area contributed by atoms with E-state index >= 15 is 0 Å². The van der Waals surface area contributed by atoms with E-state index in [1.807, 2.05) is 24.5 Å². The molecule has 1 aromatic heterocycles. The summed E-state index contributed by atoms with van der Waals surface area (Å²) in [6.45, 7) is 0. The van der Waals surface area contributed by atoms with Gasteiger partial charge in [-0.05, 0) is 12.1 Å². The molecule has 0 aromatic carbocycles. The summed E-state index contributed by atoms with van der Waals surface area (Å²) < 4.78 is 0. The average Bonchev–Trinajstić information content (AvgIpc) is 2.11. The van der Waals surface area contributed by atoms with Crippen molar-refractivity contribution in [2.45, 2.75) is 0 Å². The molecule has 0 atom stereocenters. The van der Waals surface area contributed by atoms with Gasteiger partial charge in [0.15, 0.2) is 0 Å². The maximum absolute atomic E-state index is 7.17. The van der Waals surface area contributed by atoms with Crippen molar-refractivity contribution in [2.75, 3.05) is 0 Å². The van der Waals surface area contributed by atoms with Crippen LogP contribution in [-0.2, 0) is 17.1 Å². The molecule has 0 unspecified atom stereocenters. The van der Waals surface area contributed by atoms with Crippen LogP contribution in [0.5, 0.6) is 0 Å². The summed E-state index contributed by atoms with van der Waals surface area (Å²) in [6.07, 6.45) is 3.75. The monoisotopic (exact) mass is 192 g/mol. The van der Waals surface area contributed by atoms with Crippen LogP contribution in [0, 0.1) is 0 Å². The minimum Gasteiger partial charge on any atom is -0.402 e. The quantitative estimate of drug-likeness (QED) is 0.397. The minimum absolute atomic E-state index is 0. The van der Waals surface area contributed by atoms with Crippen LogP contribution < -0.4 is 0 Å². The van der Waals surface area contributed by atoms with Crippen LogP contribution in [0.1, 0.15) is 0 Å². The van der Waals surface area contributed by atoms with E-state index in [1.54, 1.807) is 0 Å². The molecule has 0 aliphatic rings. The summed E-state index contributed by atoms with van der Waals surface area (Å²) >= 11 is 0. The van der Waals surface area contributed by atoms with Crippen LogP contribution in [0.15, 0.2) is 24.5 Å². The molecule has 0 fully saturated rings. The first-order valence-electron chi connectivity index (χ1n) is 2.35. The van der Waals surface area contributed by atoms with Crippen molar-refractivity contribution >= 4 is 7.32 Å². The molecule has 4 N–H and O–H groups in total. The van der Waals surface area contributed by atoms with Crippen molar-refractivity contribution in [3.63, 3.8) is 0 Å². The van der Waals surface area contributed by atoms with Crippen molar-refractivity contribution in [1.82, 2.24) is 4.98 Å². The fourth-order valence-electron chi connectivity index (χ4n) is 0.278. The topological polar surface area (TPSA) is 76.5 Å². The summed E-state index contributed by atoms with van der Waals surface area (Å²) in [6, 6.07) is 3.89. The molecule has 0 saturated heterocycles. The molecular weight excluding hydrogens is 184 g/mol. The Hall–Kier alpha value is -0.256. The molecule has 6 heteroatoms. The number of aromatic amines is 1. The third-order valence-electron chi connectivity index (χ3n) is 0.496. The number of rotatable bonds is 0. The second-order valence-electron chi connectivity index (χ2n) is 1.23. The summed E-state index contributed by atoms with van der Waals surface area (Å²) in [4.78, 5) is 2.86. The predicted molar refractivity (Wildman–Crippen MR) is 33.2 cm³/mol. The molecule has 0 aliphatic heterocycles. The van der Waals surface area contributed by atoms with E-state index in [-0.39, 0.29) is 17.1 Å². The van der Waals surface area contributed by atoms with Crippen LogP contribution in [0.4, 0.5) is 0 Å². The van der Waals surface area contributed by atoms with Crippen molar-refractivity contribution in [1.29, 1.82) is 0 Å². The van der Waals surface area contributed by atoms with E-state index in [1.165, 1.54) is 0 Å². The number of hydrogen-bond donors (Lipinski definition) is 4. The summed E-state index contributed by atoms with van der Waals surface area (Å²) in [5.41, 5.74) is 0. The van der Waals surface area contributed by atoms with Gasteiger partial charge in [0.05, 0.1) is 0 Å². The van der Waals surface area contributed by atoms with E-state index in [0.29, 0.717) is 0 Å². The molecule has 1 rings (SSSR count). The molecule has 4 nitrogen and oxygen atoms in total. The molecule has 1 aromatic rings. The summed E-state index contributed by atoms with van der Waals surface area (Å²) in [5.74, 6) is 0. The largest absolute Gasteiger partial charge is 0.631 e. The van der Waals surface area contributed by atoms with Gasteiger partial charge in [-0.25, -0.2) is 0 Å². The summed E-state index contributed by atoms with van der Waals surface area (Å²) in [7, 11) is -2.17. The van der Waals surface area contributed by atoms with Gasteiger partial charge in [0, 0.05) is 29.5 Å². The number of hydrogen-bond acceptors (Lipinski definition) is 3. The molecule has 0 amide bonds. The molecule has 10 heavy (non-hydrogen) atoms. The van der Waals surface area contributed by atoms with Crippen LogP contribution in [-0.4, -0.2) is 27.4 Å². The molecule has 0 saturated carbocycles. The van der Waals surface area contributed by atoms with Crippen LogP contribution in [0.25, 0.3) is 0 Å². The second-order valence-corrected chi connectivity index (χ2v) is 1.23. The van der Waals surface area contributed by atoms with Crippen LogP contribution in [0.2, 0.25) is 0 Å². The van der Waals surface area contributed by atoms with E-state index in [9.17, 15) is 0 Å². The van der Waals surface area contributed by atoms with Crippen molar-refractivity contribution in [2.24, 2.45) is 0 Å². The Labute approximate surface area is 69.6 Å². The van der Waals surface area contributed by atoms with E-state index in [0.717, 1.165) is 0 Å². The van der Waals surface area contributed by atoms with Gasteiger partial charge in [-0.15, -0.1) is 0 Å². The van der Waals surface area contributed by atoms with Gasteiger partial charge in [0.1, 0.15) is 0 Å². The minimum atomic E-state index is -2.17. The molecule has 0 bridgehead atoms. The van der Waals surface area contributed by atoms with Gasteiger partial charge in [0.2, 0.25) is 0 Å². The molecule has 0 spiro atoms. The van der Waals surface area contributed by atoms with Gasteiger partial charge in [0.25, 0.3) is 0 Å².